The highest BCUT2D eigenvalue weighted by molar-refractivity contribution is 7.17. The number of nitrogen functional groups attached to an aromatic ring is 1. The molecule has 31 heavy (non-hydrogen) atoms. The molecule has 7 heteroatoms. The van der Waals surface area contributed by atoms with Crippen molar-refractivity contribution in [3.63, 3.8) is 0 Å². The number of esters is 1. The predicted molar refractivity (Wildman–Crippen MR) is 124 cm³/mol. The summed E-state index contributed by atoms with van der Waals surface area (Å²) in [4.78, 5) is 17.2. The van der Waals surface area contributed by atoms with Crippen LogP contribution in [0.4, 0.5) is 5.69 Å². The number of ether oxygens (including phenoxy) is 2. The first kappa shape index (κ1) is 21.1. The molecule has 0 aliphatic heterocycles. The Labute approximate surface area is 185 Å². The van der Waals surface area contributed by atoms with E-state index in [9.17, 15) is 4.79 Å². The maximum Gasteiger partial charge on any atom is 0.350 e. The number of benzene rings is 2. The van der Waals surface area contributed by atoms with Gasteiger partial charge in [-0.2, -0.15) is 0 Å². The molecule has 0 atom stereocenters. The first-order valence-corrected chi connectivity index (χ1v) is 11.0. The van der Waals surface area contributed by atoms with Crippen molar-refractivity contribution in [2.45, 2.75) is 27.0 Å². The Hall–Kier alpha value is -3.16. The van der Waals surface area contributed by atoms with Gasteiger partial charge < -0.3 is 19.8 Å². The molecule has 0 unspecified atom stereocenters. The van der Waals surface area contributed by atoms with Crippen LogP contribution in [0.15, 0.2) is 54.7 Å². The van der Waals surface area contributed by atoms with Gasteiger partial charge in [0.25, 0.3) is 0 Å². The normalized spacial score (nSPS) is 11.2. The minimum Gasteiger partial charge on any atom is -0.462 e. The smallest absolute Gasteiger partial charge is 0.350 e. The molecule has 6 nitrogen and oxygen atoms in total. The summed E-state index contributed by atoms with van der Waals surface area (Å²) in [5, 5.41) is 1.74. The van der Waals surface area contributed by atoms with Crippen LogP contribution in [0, 0.1) is 6.92 Å². The van der Waals surface area contributed by atoms with Crippen LogP contribution < -0.4 is 5.73 Å². The number of hydrogen-bond acceptors (Lipinski definition) is 6. The van der Waals surface area contributed by atoms with Gasteiger partial charge in [0.1, 0.15) is 9.88 Å². The summed E-state index contributed by atoms with van der Waals surface area (Å²) in [6.45, 7) is 5.86. The first-order chi connectivity index (χ1) is 15.1. The third-order valence-corrected chi connectivity index (χ3v) is 6.19. The Morgan fingerprint density at radius 1 is 1.19 bits per heavy atom. The highest BCUT2D eigenvalue weighted by Gasteiger charge is 2.18. The van der Waals surface area contributed by atoms with Crippen molar-refractivity contribution in [2.24, 2.45) is 0 Å². The van der Waals surface area contributed by atoms with Gasteiger partial charge in [-0.3, -0.25) is 0 Å². The van der Waals surface area contributed by atoms with Crippen molar-refractivity contribution >= 4 is 33.9 Å². The molecule has 2 heterocycles. The Morgan fingerprint density at radius 2 is 2.00 bits per heavy atom. The van der Waals surface area contributed by atoms with Gasteiger partial charge in [0.05, 0.1) is 36.7 Å². The standard InChI is InChI=1S/C24H25N3O3S/c1-3-30-24(28)22-16(2)26-23(31-22)18-9-10-21-19(13-18)20(25)14-27(21)11-12-29-15-17-7-5-4-6-8-17/h4-10,13-14H,3,11-12,15,25H2,1-2H3. The average molecular weight is 436 g/mol. The number of aryl methyl sites for hydroxylation is 1. The summed E-state index contributed by atoms with van der Waals surface area (Å²) >= 11 is 1.34. The lowest BCUT2D eigenvalue weighted by Gasteiger charge is -2.07. The summed E-state index contributed by atoms with van der Waals surface area (Å²) in [5.41, 5.74) is 10.8. The first-order valence-electron chi connectivity index (χ1n) is 10.2. The van der Waals surface area contributed by atoms with Crippen molar-refractivity contribution in [1.82, 2.24) is 9.55 Å². The number of rotatable bonds is 8. The minimum atomic E-state index is -0.328. The Kier molecular flexibility index (Phi) is 6.34. The van der Waals surface area contributed by atoms with Crippen molar-refractivity contribution in [3.8, 4) is 10.6 Å². The number of aromatic nitrogens is 2. The number of nitrogens with zero attached hydrogens (tertiary/aromatic N) is 2. The van der Waals surface area contributed by atoms with Crippen LogP contribution in [0.25, 0.3) is 21.5 Å². The second-order valence-electron chi connectivity index (χ2n) is 7.20. The SMILES string of the molecule is CCOC(=O)c1sc(-c2ccc3c(c2)c(N)cn3CCOCc2ccccc2)nc1C. The summed E-state index contributed by atoms with van der Waals surface area (Å²) in [7, 11) is 0. The molecule has 0 saturated carbocycles. The molecular weight excluding hydrogens is 410 g/mol. The number of carbonyl (C=O) groups excluding carboxylic acids is 1. The van der Waals surface area contributed by atoms with E-state index in [1.807, 2.05) is 49.5 Å². The average Bonchev–Trinajstić information content (AvgIpc) is 3.32. The molecule has 0 saturated heterocycles. The maximum absolute atomic E-state index is 12.1. The van der Waals surface area contributed by atoms with Gasteiger partial charge in [0.15, 0.2) is 0 Å². The number of thiazole rings is 1. The summed E-state index contributed by atoms with van der Waals surface area (Å²) in [6.07, 6.45) is 1.94. The fraction of sp³-hybridized carbons (Fsp3) is 0.250. The van der Waals surface area contributed by atoms with E-state index in [-0.39, 0.29) is 5.97 Å². The van der Waals surface area contributed by atoms with Gasteiger partial charge in [0.2, 0.25) is 0 Å². The second kappa shape index (κ2) is 9.32. The van der Waals surface area contributed by atoms with E-state index in [2.05, 4.69) is 21.7 Å². The zero-order valence-corrected chi connectivity index (χ0v) is 18.4. The van der Waals surface area contributed by atoms with Gasteiger partial charge in [-0.1, -0.05) is 30.3 Å². The van der Waals surface area contributed by atoms with Crippen molar-refractivity contribution in [1.29, 1.82) is 0 Å². The van der Waals surface area contributed by atoms with E-state index in [1.54, 1.807) is 6.92 Å². The van der Waals surface area contributed by atoms with Gasteiger partial charge in [-0.15, -0.1) is 11.3 Å². The number of hydrogen-bond donors (Lipinski definition) is 1. The molecular formula is C24H25N3O3S. The van der Waals surface area contributed by atoms with Crippen LogP contribution >= 0.6 is 11.3 Å². The van der Waals surface area contributed by atoms with Crippen LogP contribution in [-0.2, 0) is 22.6 Å². The number of fused-ring (bicyclic) bond motifs is 1. The summed E-state index contributed by atoms with van der Waals surface area (Å²) in [6, 6.07) is 16.2. The molecule has 0 aliphatic rings. The van der Waals surface area contributed by atoms with Gasteiger partial charge in [-0.25, -0.2) is 9.78 Å². The van der Waals surface area contributed by atoms with Gasteiger partial charge in [-0.05, 0) is 37.6 Å². The summed E-state index contributed by atoms with van der Waals surface area (Å²) < 4.78 is 13.0. The van der Waals surface area contributed by atoms with E-state index in [1.165, 1.54) is 11.3 Å². The third-order valence-electron chi connectivity index (χ3n) is 5.00. The largest absolute Gasteiger partial charge is 0.462 e. The third kappa shape index (κ3) is 4.62. The highest BCUT2D eigenvalue weighted by Crippen LogP contribution is 2.33. The maximum atomic E-state index is 12.1. The summed E-state index contributed by atoms with van der Waals surface area (Å²) in [5.74, 6) is -0.328. The fourth-order valence-corrected chi connectivity index (χ4v) is 4.43. The minimum absolute atomic E-state index is 0.328. The molecule has 0 fully saturated rings. The van der Waals surface area contributed by atoms with E-state index in [0.717, 1.165) is 27.0 Å². The van der Waals surface area contributed by atoms with Crippen molar-refractivity contribution in [2.75, 3.05) is 18.9 Å². The zero-order valence-electron chi connectivity index (χ0n) is 17.6. The van der Waals surface area contributed by atoms with Crippen LogP contribution in [0.5, 0.6) is 0 Å². The predicted octanol–water partition coefficient (Wildman–Crippen LogP) is 5.05. The zero-order chi connectivity index (χ0) is 21.8. The lowest BCUT2D eigenvalue weighted by atomic mass is 10.1. The van der Waals surface area contributed by atoms with Crippen LogP contribution in [0.3, 0.4) is 0 Å². The van der Waals surface area contributed by atoms with E-state index in [4.69, 9.17) is 15.2 Å². The number of nitrogens with two attached hydrogens (primary N) is 1. The number of carbonyl (C=O) groups is 1. The lowest BCUT2D eigenvalue weighted by molar-refractivity contribution is 0.0531. The number of anilines is 1. The highest BCUT2D eigenvalue weighted by atomic mass is 32.1. The molecule has 0 aliphatic carbocycles. The Bertz CT molecular complexity index is 1200. The topological polar surface area (TPSA) is 79.4 Å². The lowest BCUT2D eigenvalue weighted by Crippen LogP contribution is -2.05. The van der Waals surface area contributed by atoms with Crippen molar-refractivity contribution < 1.29 is 14.3 Å². The molecule has 160 valence electrons. The molecule has 0 spiro atoms. The molecule has 2 aromatic heterocycles. The Morgan fingerprint density at radius 3 is 2.77 bits per heavy atom. The molecule has 2 N–H and O–H groups in total. The monoisotopic (exact) mass is 435 g/mol. The Balaban J connectivity index is 1.50. The fourth-order valence-electron chi connectivity index (χ4n) is 3.48. The molecule has 0 radical (unpaired) electrons. The molecule has 0 bridgehead atoms. The van der Waals surface area contributed by atoms with E-state index < -0.39 is 0 Å². The van der Waals surface area contributed by atoms with Gasteiger partial charge in [0, 0.05) is 23.7 Å². The van der Waals surface area contributed by atoms with Crippen molar-refractivity contribution in [3.05, 3.63) is 70.9 Å². The second-order valence-corrected chi connectivity index (χ2v) is 8.20. The molecule has 0 amide bonds. The molecule has 4 aromatic rings. The van der Waals surface area contributed by atoms with Crippen LogP contribution in [-0.4, -0.2) is 28.7 Å². The van der Waals surface area contributed by atoms with Crippen LogP contribution in [0.1, 0.15) is 27.9 Å². The van der Waals surface area contributed by atoms with Crippen LogP contribution in [0.2, 0.25) is 0 Å². The molecule has 4 rings (SSSR count). The molecule has 2 aromatic carbocycles. The van der Waals surface area contributed by atoms with E-state index >= 15 is 0 Å². The van der Waals surface area contributed by atoms with E-state index in [0.29, 0.717) is 42.6 Å². The van der Waals surface area contributed by atoms with Gasteiger partial charge >= 0.3 is 5.97 Å². The quantitative estimate of drug-likeness (QED) is 0.309.